The third-order valence-corrected chi connectivity index (χ3v) is 4.76. The molecule has 0 radical (unpaired) electrons. The minimum absolute atomic E-state index is 0.378. The number of methoxy groups -OCH3 is 1. The molecule has 3 rings (SSSR count). The quantitative estimate of drug-likeness (QED) is 0.670. The molecule has 0 aliphatic rings. The zero-order valence-electron chi connectivity index (χ0n) is 12.0. The van der Waals surface area contributed by atoms with Crippen molar-refractivity contribution in [3.8, 4) is 5.75 Å². The zero-order chi connectivity index (χ0) is 14.8. The van der Waals surface area contributed by atoms with Gasteiger partial charge in [-0.05, 0) is 18.6 Å². The lowest BCUT2D eigenvalue weighted by atomic mass is 10.3. The van der Waals surface area contributed by atoms with Crippen molar-refractivity contribution in [1.29, 1.82) is 0 Å². The smallest absolute Gasteiger partial charge is 0.125 e. The van der Waals surface area contributed by atoms with Crippen LogP contribution in [0.15, 0.2) is 24.4 Å². The van der Waals surface area contributed by atoms with Gasteiger partial charge in [0.05, 0.1) is 30.6 Å². The molecule has 0 amide bonds. The summed E-state index contributed by atoms with van der Waals surface area (Å²) in [6.45, 7) is 2.84. The van der Waals surface area contributed by atoms with E-state index in [2.05, 4.69) is 21.5 Å². The monoisotopic (exact) mass is 321 g/mol. The number of alkyl halides is 1. The van der Waals surface area contributed by atoms with E-state index in [9.17, 15) is 0 Å². The van der Waals surface area contributed by atoms with Crippen LogP contribution in [0.3, 0.4) is 0 Å². The van der Waals surface area contributed by atoms with Crippen molar-refractivity contribution in [3.05, 3.63) is 40.1 Å². The molecule has 0 atom stereocenters. The number of hydrogen-bond donors (Lipinski definition) is 0. The van der Waals surface area contributed by atoms with Gasteiger partial charge in [0, 0.05) is 17.1 Å². The van der Waals surface area contributed by atoms with Crippen LogP contribution < -0.4 is 4.74 Å². The molecule has 6 heteroatoms. The van der Waals surface area contributed by atoms with Crippen molar-refractivity contribution < 1.29 is 4.74 Å². The van der Waals surface area contributed by atoms with Crippen molar-refractivity contribution in [1.82, 2.24) is 14.5 Å². The van der Waals surface area contributed by atoms with E-state index in [4.69, 9.17) is 16.3 Å². The molecule has 4 nitrogen and oxygen atoms in total. The molecule has 0 N–H and O–H groups in total. The molecule has 0 aliphatic heterocycles. The lowest BCUT2D eigenvalue weighted by Gasteiger charge is -2.05. The number of nitrogens with zero attached hydrogens (tertiary/aromatic N) is 3. The maximum atomic E-state index is 6.04. The number of halogens is 1. The Labute approximate surface area is 132 Å². The maximum absolute atomic E-state index is 6.04. The summed E-state index contributed by atoms with van der Waals surface area (Å²) in [5.41, 5.74) is 1.96. The summed E-state index contributed by atoms with van der Waals surface area (Å²) in [7, 11) is 1.66. The fraction of sp³-hybridized carbons (Fsp3) is 0.333. The highest BCUT2D eigenvalue weighted by Gasteiger charge is 2.12. The van der Waals surface area contributed by atoms with Crippen molar-refractivity contribution in [2.24, 2.45) is 0 Å². The average Bonchev–Trinajstić information content (AvgIpc) is 3.11. The van der Waals surface area contributed by atoms with E-state index in [1.54, 1.807) is 18.4 Å². The number of ether oxygens (including phenoxy) is 1. The van der Waals surface area contributed by atoms with Gasteiger partial charge in [-0.2, -0.15) is 0 Å². The van der Waals surface area contributed by atoms with Crippen LogP contribution in [-0.2, 0) is 18.8 Å². The summed E-state index contributed by atoms with van der Waals surface area (Å²) in [6.07, 6.45) is 2.96. The van der Waals surface area contributed by atoms with Gasteiger partial charge in [-0.1, -0.05) is 6.92 Å². The molecule has 3 aromatic rings. The first kappa shape index (κ1) is 14.4. The van der Waals surface area contributed by atoms with E-state index in [-0.39, 0.29) is 0 Å². The third-order valence-electron chi connectivity index (χ3n) is 3.40. The van der Waals surface area contributed by atoms with Gasteiger partial charge < -0.3 is 9.30 Å². The minimum Gasteiger partial charge on any atom is -0.497 e. The molecule has 0 saturated heterocycles. The Bertz CT molecular complexity index is 765. The van der Waals surface area contributed by atoms with Crippen LogP contribution in [0.4, 0.5) is 0 Å². The largest absolute Gasteiger partial charge is 0.497 e. The lowest BCUT2D eigenvalue weighted by molar-refractivity contribution is 0.415. The van der Waals surface area contributed by atoms with Crippen LogP contribution in [0, 0.1) is 0 Å². The van der Waals surface area contributed by atoms with Crippen molar-refractivity contribution in [2.75, 3.05) is 7.11 Å². The van der Waals surface area contributed by atoms with Crippen LogP contribution in [-0.4, -0.2) is 21.6 Å². The van der Waals surface area contributed by atoms with E-state index in [1.807, 2.05) is 24.4 Å². The number of aryl methyl sites for hydroxylation is 1. The van der Waals surface area contributed by atoms with Gasteiger partial charge in [0.15, 0.2) is 0 Å². The fourth-order valence-corrected chi connectivity index (χ4v) is 3.34. The molecule has 110 valence electrons. The first-order chi connectivity index (χ1) is 10.2. The molecule has 0 fully saturated rings. The Morgan fingerprint density at radius 2 is 2.24 bits per heavy atom. The van der Waals surface area contributed by atoms with Gasteiger partial charge in [0.2, 0.25) is 0 Å². The molecule has 1 aromatic carbocycles. The predicted octanol–water partition coefficient (Wildman–Crippen LogP) is 3.85. The molecular weight excluding hydrogens is 306 g/mol. The van der Waals surface area contributed by atoms with E-state index in [0.717, 1.165) is 34.0 Å². The number of hydrogen-bond acceptors (Lipinski definition) is 4. The molecule has 0 bridgehead atoms. The number of aromatic nitrogens is 3. The highest BCUT2D eigenvalue weighted by molar-refractivity contribution is 7.11. The second kappa shape index (κ2) is 6.03. The van der Waals surface area contributed by atoms with Gasteiger partial charge in [-0.25, -0.2) is 9.97 Å². The fourth-order valence-electron chi connectivity index (χ4n) is 2.28. The second-order valence-electron chi connectivity index (χ2n) is 4.68. The van der Waals surface area contributed by atoms with Crippen LogP contribution in [0.1, 0.15) is 22.6 Å². The summed E-state index contributed by atoms with van der Waals surface area (Å²) < 4.78 is 7.37. The Morgan fingerprint density at radius 3 is 2.90 bits per heavy atom. The first-order valence-electron chi connectivity index (χ1n) is 6.77. The highest BCUT2D eigenvalue weighted by Crippen LogP contribution is 2.24. The van der Waals surface area contributed by atoms with Crippen LogP contribution in [0.5, 0.6) is 5.75 Å². The van der Waals surface area contributed by atoms with Gasteiger partial charge in [-0.3, -0.25) is 0 Å². The molecule has 0 aliphatic carbocycles. The van der Waals surface area contributed by atoms with Gasteiger partial charge in [0.1, 0.15) is 16.6 Å². The van der Waals surface area contributed by atoms with Gasteiger partial charge in [-0.15, -0.1) is 22.9 Å². The summed E-state index contributed by atoms with van der Waals surface area (Å²) in [5, 5.41) is 1.08. The Kier molecular flexibility index (Phi) is 4.12. The molecule has 0 spiro atoms. The first-order valence-corrected chi connectivity index (χ1v) is 8.13. The lowest BCUT2D eigenvalue weighted by Crippen LogP contribution is -2.03. The van der Waals surface area contributed by atoms with Gasteiger partial charge >= 0.3 is 0 Å². The van der Waals surface area contributed by atoms with Crippen LogP contribution in [0.25, 0.3) is 11.0 Å². The molecular formula is C15H16ClN3OS. The molecule has 0 saturated carbocycles. The number of benzene rings is 1. The third kappa shape index (κ3) is 2.76. The molecule has 2 aromatic heterocycles. The van der Waals surface area contributed by atoms with Crippen LogP contribution in [0.2, 0.25) is 0 Å². The predicted molar refractivity (Wildman–Crippen MR) is 86.4 cm³/mol. The molecule has 0 unspecified atom stereocenters. The minimum atomic E-state index is 0.378. The highest BCUT2D eigenvalue weighted by atomic mass is 35.5. The Hall–Kier alpha value is -1.59. The Balaban J connectivity index is 2.03. The number of imidazole rings is 1. The van der Waals surface area contributed by atoms with Crippen LogP contribution >= 0.6 is 22.9 Å². The summed E-state index contributed by atoms with van der Waals surface area (Å²) in [5.74, 6) is 2.03. The number of thiazole rings is 1. The normalized spacial score (nSPS) is 11.2. The van der Waals surface area contributed by atoms with Crippen molar-refractivity contribution in [2.45, 2.75) is 25.8 Å². The van der Waals surface area contributed by atoms with E-state index in [0.29, 0.717) is 12.4 Å². The number of rotatable bonds is 5. The topological polar surface area (TPSA) is 39.9 Å². The SMILES string of the molecule is CCc1cnc(Cn2c(CCl)nc3cc(OC)ccc32)s1. The number of fused-ring (bicyclic) bond motifs is 1. The maximum Gasteiger partial charge on any atom is 0.125 e. The zero-order valence-corrected chi connectivity index (χ0v) is 13.5. The molecule has 21 heavy (non-hydrogen) atoms. The molecule has 2 heterocycles. The summed E-state index contributed by atoms with van der Waals surface area (Å²) >= 11 is 7.78. The average molecular weight is 322 g/mol. The standard InChI is InChI=1S/C15H16ClN3OS/c1-3-11-8-17-15(21-11)9-19-13-5-4-10(20-2)6-12(13)18-14(19)7-16/h4-6,8H,3,7,9H2,1-2H3. The van der Waals surface area contributed by atoms with E-state index >= 15 is 0 Å². The van der Waals surface area contributed by atoms with Crippen molar-refractivity contribution in [3.63, 3.8) is 0 Å². The van der Waals surface area contributed by atoms with Gasteiger partial charge in [0.25, 0.3) is 0 Å². The van der Waals surface area contributed by atoms with E-state index in [1.165, 1.54) is 4.88 Å². The second-order valence-corrected chi connectivity index (χ2v) is 6.14. The van der Waals surface area contributed by atoms with Crippen molar-refractivity contribution >= 4 is 34.0 Å². The summed E-state index contributed by atoms with van der Waals surface area (Å²) in [6, 6.07) is 5.89. The van der Waals surface area contributed by atoms with E-state index < -0.39 is 0 Å². The summed E-state index contributed by atoms with van der Waals surface area (Å²) in [4.78, 5) is 10.4. The Morgan fingerprint density at radius 1 is 1.38 bits per heavy atom.